The summed E-state index contributed by atoms with van der Waals surface area (Å²) < 4.78 is 1.14. The molecular formula is C11H15BrN2. The Morgan fingerprint density at radius 1 is 1.29 bits per heavy atom. The summed E-state index contributed by atoms with van der Waals surface area (Å²) >= 11 is 3.54. The lowest BCUT2D eigenvalue weighted by Crippen LogP contribution is -2.44. The van der Waals surface area contributed by atoms with Gasteiger partial charge in [0.15, 0.2) is 0 Å². The first kappa shape index (κ1) is 8.98. The molecule has 1 aliphatic carbocycles. The van der Waals surface area contributed by atoms with Crippen LogP contribution in [-0.4, -0.2) is 11.5 Å². The van der Waals surface area contributed by atoms with Crippen LogP contribution in [0.25, 0.3) is 0 Å². The number of fused-ring (bicyclic) bond motifs is 2. The molecular weight excluding hydrogens is 240 g/mol. The lowest BCUT2D eigenvalue weighted by molar-refractivity contribution is 0.323. The van der Waals surface area contributed by atoms with Crippen molar-refractivity contribution in [2.75, 3.05) is 6.54 Å². The quantitative estimate of drug-likeness (QED) is 0.733. The summed E-state index contributed by atoms with van der Waals surface area (Å²) in [6.07, 6.45) is 6.50. The van der Waals surface area contributed by atoms with Crippen LogP contribution in [0.15, 0.2) is 10.7 Å². The lowest BCUT2D eigenvalue weighted by Gasteiger charge is -2.35. The summed E-state index contributed by atoms with van der Waals surface area (Å²) in [4.78, 5) is 3.42. The molecule has 14 heavy (non-hydrogen) atoms. The highest BCUT2D eigenvalue weighted by Gasteiger charge is 2.39. The average Bonchev–Trinajstić information content (AvgIpc) is 2.74. The van der Waals surface area contributed by atoms with Gasteiger partial charge in [-0.15, -0.1) is 0 Å². The molecule has 1 aromatic heterocycles. The van der Waals surface area contributed by atoms with Crippen LogP contribution in [0.5, 0.6) is 0 Å². The molecule has 0 radical (unpaired) electrons. The third-order valence-electron chi connectivity index (χ3n) is 3.68. The first-order valence-electron chi connectivity index (χ1n) is 5.43. The minimum absolute atomic E-state index is 0.316. The zero-order chi connectivity index (χ0) is 9.60. The molecule has 1 aromatic rings. The van der Waals surface area contributed by atoms with Gasteiger partial charge in [-0.2, -0.15) is 0 Å². The zero-order valence-corrected chi connectivity index (χ0v) is 9.78. The molecule has 76 valence electrons. The number of hydrogen-bond donors (Lipinski definition) is 2. The summed E-state index contributed by atoms with van der Waals surface area (Å²) in [5.74, 6) is 0. The molecule has 2 nitrogen and oxygen atoms in total. The summed E-state index contributed by atoms with van der Waals surface area (Å²) in [6.45, 7) is 1.12. The molecule has 2 aliphatic rings. The fourth-order valence-corrected chi connectivity index (χ4v) is 3.50. The molecule has 3 rings (SSSR count). The molecule has 0 aromatic carbocycles. The van der Waals surface area contributed by atoms with E-state index in [0.29, 0.717) is 5.54 Å². The van der Waals surface area contributed by atoms with E-state index in [1.54, 1.807) is 0 Å². The summed E-state index contributed by atoms with van der Waals surface area (Å²) in [6, 6.07) is 2.27. The van der Waals surface area contributed by atoms with Crippen molar-refractivity contribution in [3.63, 3.8) is 0 Å². The van der Waals surface area contributed by atoms with Gasteiger partial charge < -0.3 is 10.3 Å². The number of aromatic amines is 1. The number of aromatic nitrogens is 1. The van der Waals surface area contributed by atoms with Crippen molar-refractivity contribution in [2.45, 2.75) is 37.6 Å². The molecule has 1 saturated carbocycles. The van der Waals surface area contributed by atoms with Crippen molar-refractivity contribution >= 4 is 15.9 Å². The lowest BCUT2D eigenvalue weighted by atomic mass is 9.85. The van der Waals surface area contributed by atoms with Gasteiger partial charge in [0, 0.05) is 24.2 Å². The van der Waals surface area contributed by atoms with Crippen LogP contribution in [0, 0.1) is 0 Å². The number of H-pyrrole nitrogens is 1. The fourth-order valence-electron chi connectivity index (χ4n) is 3.03. The number of rotatable bonds is 0. The summed E-state index contributed by atoms with van der Waals surface area (Å²) in [5.41, 5.74) is 3.28. The summed E-state index contributed by atoms with van der Waals surface area (Å²) in [7, 11) is 0. The highest BCUT2D eigenvalue weighted by Crippen LogP contribution is 2.42. The number of nitrogens with one attached hydrogen (secondary N) is 2. The van der Waals surface area contributed by atoms with E-state index in [0.717, 1.165) is 17.6 Å². The Hall–Kier alpha value is -0.280. The van der Waals surface area contributed by atoms with Crippen LogP contribution in [0.1, 0.15) is 36.9 Å². The molecule has 2 N–H and O–H groups in total. The smallest absolute Gasteiger partial charge is 0.0825 e. The normalized spacial score (nSPS) is 24.1. The largest absolute Gasteiger partial charge is 0.353 e. The van der Waals surface area contributed by atoms with Gasteiger partial charge in [-0.3, -0.25) is 0 Å². The predicted octanol–water partition coefficient (Wildman–Crippen LogP) is 2.69. The Morgan fingerprint density at radius 3 is 2.86 bits per heavy atom. The van der Waals surface area contributed by atoms with E-state index in [2.05, 4.69) is 32.3 Å². The minimum Gasteiger partial charge on any atom is -0.353 e. The van der Waals surface area contributed by atoms with Crippen molar-refractivity contribution < 1.29 is 0 Å². The van der Waals surface area contributed by atoms with Crippen LogP contribution in [-0.2, 0) is 12.0 Å². The third-order valence-corrected chi connectivity index (χ3v) is 4.10. The maximum absolute atomic E-state index is 3.72. The second-order valence-electron chi connectivity index (χ2n) is 4.48. The molecule has 1 spiro atoms. The van der Waals surface area contributed by atoms with Crippen LogP contribution < -0.4 is 5.32 Å². The van der Waals surface area contributed by atoms with Gasteiger partial charge >= 0.3 is 0 Å². The highest BCUT2D eigenvalue weighted by molar-refractivity contribution is 9.10. The van der Waals surface area contributed by atoms with Gasteiger partial charge in [0.05, 0.1) is 4.60 Å². The van der Waals surface area contributed by atoms with Gasteiger partial charge in [0.25, 0.3) is 0 Å². The Morgan fingerprint density at radius 2 is 2.07 bits per heavy atom. The maximum Gasteiger partial charge on any atom is 0.0825 e. The molecule has 0 amide bonds. The molecule has 0 saturated heterocycles. The van der Waals surface area contributed by atoms with Gasteiger partial charge in [0.1, 0.15) is 0 Å². The van der Waals surface area contributed by atoms with E-state index < -0.39 is 0 Å². The van der Waals surface area contributed by atoms with E-state index in [9.17, 15) is 0 Å². The van der Waals surface area contributed by atoms with Crippen molar-refractivity contribution in [2.24, 2.45) is 0 Å². The first-order valence-corrected chi connectivity index (χ1v) is 6.22. The first-order chi connectivity index (χ1) is 6.80. The van der Waals surface area contributed by atoms with Crippen LogP contribution in [0.2, 0.25) is 0 Å². The summed E-state index contributed by atoms with van der Waals surface area (Å²) in [5, 5.41) is 3.72. The Kier molecular flexibility index (Phi) is 1.99. The maximum atomic E-state index is 3.72. The Balaban J connectivity index is 2.09. The fraction of sp³-hybridized carbons (Fsp3) is 0.636. The van der Waals surface area contributed by atoms with Gasteiger partial charge in [-0.05, 0) is 40.4 Å². The van der Waals surface area contributed by atoms with E-state index in [4.69, 9.17) is 0 Å². The number of hydrogen-bond acceptors (Lipinski definition) is 1. The van der Waals surface area contributed by atoms with E-state index in [1.807, 2.05) is 0 Å². The molecule has 0 atom stereocenters. The second kappa shape index (κ2) is 3.11. The van der Waals surface area contributed by atoms with Crippen molar-refractivity contribution in [1.82, 2.24) is 10.3 Å². The standard InChI is InChI=1S/C11H15BrN2/c12-10-7-8-9(14-10)3-6-13-11(8)4-1-2-5-11/h7,13-14H,1-6H2. The molecule has 0 bridgehead atoms. The Labute approximate surface area is 92.6 Å². The van der Waals surface area contributed by atoms with E-state index in [1.165, 1.54) is 36.9 Å². The third kappa shape index (κ3) is 1.18. The van der Waals surface area contributed by atoms with Crippen LogP contribution in [0.3, 0.4) is 0 Å². The van der Waals surface area contributed by atoms with Crippen molar-refractivity contribution in [3.8, 4) is 0 Å². The number of halogens is 1. The van der Waals surface area contributed by atoms with Gasteiger partial charge in [0.2, 0.25) is 0 Å². The van der Waals surface area contributed by atoms with E-state index in [-0.39, 0.29) is 0 Å². The van der Waals surface area contributed by atoms with E-state index >= 15 is 0 Å². The molecule has 1 fully saturated rings. The average molecular weight is 255 g/mol. The van der Waals surface area contributed by atoms with Gasteiger partial charge in [-0.1, -0.05) is 12.8 Å². The van der Waals surface area contributed by atoms with Crippen molar-refractivity contribution in [3.05, 3.63) is 21.9 Å². The minimum atomic E-state index is 0.316. The van der Waals surface area contributed by atoms with Gasteiger partial charge in [-0.25, -0.2) is 0 Å². The zero-order valence-electron chi connectivity index (χ0n) is 8.20. The molecule has 1 aliphatic heterocycles. The second-order valence-corrected chi connectivity index (χ2v) is 5.33. The molecule has 0 unspecified atom stereocenters. The van der Waals surface area contributed by atoms with Crippen LogP contribution >= 0.6 is 15.9 Å². The SMILES string of the molecule is Brc1cc2c([nH]1)CCNC21CCCC1. The Bertz CT molecular complexity index is 350. The highest BCUT2D eigenvalue weighted by atomic mass is 79.9. The van der Waals surface area contributed by atoms with Crippen molar-refractivity contribution in [1.29, 1.82) is 0 Å². The predicted molar refractivity (Wildman–Crippen MR) is 60.3 cm³/mol. The van der Waals surface area contributed by atoms with Crippen LogP contribution in [0.4, 0.5) is 0 Å². The molecule has 2 heterocycles. The molecule has 3 heteroatoms. The topological polar surface area (TPSA) is 27.8 Å². The monoisotopic (exact) mass is 254 g/mol.